The Morgan fingerprint density at radius 1 is 1.05 bits per heavy atom. The molecule has 2 nitrogen and oxygen atoms in total. The Bertz CT molecular complexity index is 379. The molecule has 0 aromatic carbocycles. The van der Waals surface area contributed by atoms with E-state index in [2.05, 4.69) is 45.4 Å². The van der Waals surface area contributed by atoms with Crippen molar-refractivity contribution >= 4 is 16.6 Å². The van der Waals surface area contributed by atoms with Crippen molar-refractivity contribution in [2.24, 2.45) is 5.92 Å². The van der Waals surface area contributed by atoms with Crippen LogP contribution < -0.4 is 0 Å². The maximum atomic E-state index is 6.75. The second kappa shape index (κ2) is 5.61. The summed E-state index contributed by atoms with van der Waals surface area (Å²) in [5.41, 5.74) is 0.0897. The van der Waals surface area contributed by atoms with Gasteiger partial charge in [-0.1, -0.05) is 12.8 Å². The molecule has 0 amide bonds. The first kappa shape index (κ1) is 16.3. The van der Waals surface area contributed by atoms with Crippen LogP contribution in [0, 0.1) is 5.92 Å². The molecule has 0 aromatic rings. The number of fused-ring (bicyclic) bond motifs is 1. The predicted molar refractivity (Wildman–Crippen MR) is 90.9 cm³/mol. The Morgan fingerprint density at radius 2 is 1.75 bits per heavy atom. The van der Waals surface area contributed by atoms with Gasteiger partial charge in [0.2, 0.25) is 8.32 Å². The van der Waals surface area contributed by atoms with E-state index in [0.717, 1.165) is 18.8 Å². The van der Waals surface area contributed by atoms with Crippen molar-refractivity contribution in [3.05, 3.63) is 11.8 Å². The van der Waals surface area contributed by atoms with Gasteiger partial charge < -0.3 is 8.85 Å². The minimum Gasteiger partial charge on any atom is -0.547 e. The van der Waals surface area contributed by atoms with Crippen molar-refractivity contribution in [3.8, 4) is 0 Å². The zero-order chi connectivity index (χ0) is 15.0. The Morgan fingerprint density at radius 3 is 2.35 bits per heavy atom. The van der Waals surface area contributed by atoms with Crippen LogP contribution in [-0.2, 0) is 8.85 Å². The average Bonchev–Trinajstić information content (AvgIpc) is 2.23. The Kier molecular flexibility index (Phi) is 4.58. The molecule has 0 aromatic heterocycles. The average molecular weight is 313 g/mol. The highest BCUT2D eigenvalue weighted by Gasteiger charge is 2.46. The number of hydrogen-bond donors (Lipinski definition) is 0. The first-order chi connectivity index (χ1) is 9.10. The molecular weight excluding hydrogens is 280 g/mol. The van der Waals surface area contributed by atoms with Crippen molar-refractivity contribution in [2.75, 3.05) is 0 Å². The molecule has 2 aliphatic rings. The molecule has 2 atom stereocenters. The summed E-state index contributed by atoms with van der Waals surface area (Å²) in [7, 11) is -3.03. The molecule has 0 radical (unpaired) electrons. The van der Waals surface area contributed by atoms with Gasteiger partial charge in [-0.25, -0.2) is 0 Å². The molecule has 0 aliphatic heterocycles. The molecule has 2 aliphatic carbocycles. The van der Waals surface area contributed by atoms with E-state index in [-0.39, 0.29) is 5.60 Å². The fourth-order valence-electron chi connectivity index (χ4n) is 3.74. The van der Waals surface area contributed by atoms with Crippen molar-refractivity contribution < 1.29 is 8.85 Å². The van der Waals surface area contributed by atoms with E-state index in [1.807, 2.05) is 0 Å². The molecule has 4 heteroatoms. The normalized spacial score (nSPS) is 31.5. The third kappa shape index (κ3) is 4.21. The molecule has 0 unspecified atom stereocenters. The Balaban J connectivity index is 2.19. The van der Waals surface area contributed by atoms with Gasteiger partial charge in [-0.15, -0.1) is 0 Å². The van der Waals surface area contributed by atoms with Crippen LogP contribution in [0.1, 0.15) is 38.5 Å². The highest BCUT2D eigenvalue weighted by Crippen LogP contribution is 2.48. The van der Waals surface area contributed by atoms with E-state index in [0.29, 0.717) is 0 Å². The summed E-state index contributed by atoms with van der Waals surface area (Å²) >= 11 is 0. The molecule has 0 spiro atoms. The van der Waals surface area contributed by atoms with Gasteiger partial charge in [0.25, 0.3) is 0 Å². The maximum absolute atomic E-state index is 6.75. The number of hydrogen-bond acceptors (Lipinski definition) is 2. The molecule has 0 heterocycles. The fourth-order valence-corrected chi connectivity index (χ4v) is 6.24. The van der Waals surface area contributed by atoms with Crippen LogP contribution in [0.2, 0.25) is 39.3 Å². The standard InChI is InChI=1S/C16H32O2Si2/c1-19(2,3)17-15-11-10-14-9-7-8-12-16(14,13-15)18-20(4,5)6/h11,14H,7-10,12-13H2,1-6H3/t14-,16-/m0/s1. The van der Waals surface area contributed by atoms with Crippen molar-refractivity contribution in [1.82, 2.24) is 0 Å². The van der Waals surface area contributed by atoms with Gasteiger partial charge in [0.1, 0.15) is 0 Å². The van der Waals surface area contributed by atoms with Gasteiger partial charge in [-0.2, -0.15) is 0 Å². The second-order valence-corrected chi connectivity index (χ2v) is 17.4. The zero-order valence-electron chi connectivity index (χ0n) is 14.2. The summed E-state index contributed by atoms with van der Waals surface area (Å²) < 4.78 is 13.1. The third-order valence-corrected chi connectivity index (χ3v) is 6.09. The van der Waals surface area contributed by atoms with Gasteiger partial charge in [0.15, 0.2) is 8.32 Å². The van der Waals surface area contributed by atoms with E-state index in [1.165, 1.54) is 31.4 Å². The minimum atomic E-state index is -1.52. The molecule has 1 saturated carbocycles. The molecule has 0 N–H and O–H groups in total. The Labute approximate surface area is 127 Å². The summed E-state index contributed by atoms with van der Waals surface area (Å²) in [4.78, 5) is 0. The van der Waals surface area contributed by atoms with Crippen LogP contribution in [0.25, 0.3) is 0 Å². The zero-order valence-corrected chi connectivity index (χ0v) is 16.2. The van der Waals surface area contributed by atoms with Crippen molar-refractivity contribution in [3.63, 3.8) is 0 Å². The van der Waals surface area contributed by atoms with Gasteiger partial charge in [0, 0.05) is 6.42 Å². The van der Waals surface area contributed by atoms with Gasteiger partial charge >= 0.3 is 0 Å². The van der Waals surface area contributed by atoms with Crippen LogP contribution in [0.15, 0.2) is 11.8 Å². The maximum Gasteiger partial charge on any atom is 0.241 e. The highest BCUT2D eigenvalue weighted by molar-refractivity contribution is 6.70. The van der Waals surface area contributed by atoms with Crippen LogP contribution >= 0.6 is 0 Å². The summed E-state index contributed by atoms with van der Waals surface area (Å²) in [5, 5.41) is 0. The lowest BCUT2D eigenvalue weighted by Gasteiger charge is -2.50. The van der Waals surface area contributed by atoms with Gasteiger partial charge in [-0.05, 0) is 70.5 Å². The predicted octanol–water partition coefficient (Wildman–Crippen LogP) is 5.30. The lowest BCUT2D eigenvalue weighted by Crippen LogP contribution is -2.51. The molecule has 0 bridgehead atoms. The molecule has 2 rings (SSSR count). The number of allylic oxidation sites excluding steroid dienone is 1. The third-order valence-electron chi connectivity index (χ3n) is 4.20. The highest BCUT2D eigenvalue weighted by atomic mass is 28.4. The molecule has 1 fully saturated rings. The lowest BCUT2D eigenvalue weighted by atomic mass is 9.69. The first-order valence-corrected chi connectivity index (χ1v) is 15.0. The first-order valence-electron chi connectivity index (χ1n) is 8.18. The monoisotopic (exact) mass is 312 g/mol. The van der Waals surface area contributed by atoms with E-state index >= 15 is 0 Å². The SMILES string of the molecule is C[Si](C)(C)OC1=CC[C@@H]2CCCC[C@]2(O[Si](C)(C)C)C1. The van der Waals surface area contributed by atoms with Crippen LogP contribution in [0.3, 0.4) is 0 Å². The minimum absolute atomic E-state index is 0.0897. The van der Waals surface area contributed by atoms with E-state index in [4.69, 9.17) is 8.85 Å². The van der Waals surface area contributed by atoms with Crippen LogP contribution in [0.5, 0.6) is 0 Å². The van der Waals surface area contributed by atoms with E-state index < -0.39 is 16.6 Å². The quantitative estimate of drug-likeness (QED) is 0.656. The fraction of sp³-hybridized carbons (Fsp3) is 0.875. The summed E-state index contributed by atoms with van der Waals surface area (Å²) in [6, 6.07) is 0. The summed E-state index contributed by atoms with van der Waals surface area (Å²) in [5.74, 6) is 1.94. The summed E-state index contributed by atoms with van der Waals surface area (Å²) in [6.45, 7) is 13.8. The van der Waals surface area contributed by atoms with Gasteiger partial charge in [0.05, 0.1) is 11.4 Å². The van der Waals surface area contributed by atoms with Crippen molar-refractivity contribution in [1.29, 1.82) is 0 Å². The van der Waals surface area contributed by atoms with E-state index in [1.54, 1.807) is 0 Å². The molecule has 116 valence electrons. The molecular formula is C16H32O2Si2. The topological polar surface area (TPSA) is 18.5 Å². The van der Waals surface area contributed by atoms with Crippen LogP contribution in [-0.4, -0.2) is 22.2 Å². The van der Waals surface area contributed by atoms with E-state index in [9.17, 15) is 0 Å². The van der Waals surface area contributed by atoms with Crippen molar-refractivity contribution in [2.45, 2.75) is 83.4 Å². The lowest BCUT2D eigenvalue weighted by molar-refractivity contribution is -0.0423. The number of rotatable bonds is 4. The molecule has 0 saturated heterocycles. The molecule has 20 heavy (non-hydrogen) atoms. The second-order valence-electron chi connectivity index (χ2n) is 8.52. The summed E-state index contributed by atoms with van der Waals surface area (Å²) in [6.07, 6.45) is 9.80. The largest absolute Gasteiger partial charge is 0.547 e. The van der Waals surface area contributed by atoms with Crippen LogP contribution in [0.4, 0.5) is 0 Å². The smallest absolute Gasteiger partial charge is 0.241 e. The van der Waals surface area contributed by atoms with Gasteiger partial charge in [-0.3, -0.25) is 0 Å². The Hall–Kier alpha value is -0.0662.